The standard InChI is InChI=1S/C20H29N3O3/c1-15(24)23-13-17-19(5-6-20(17,14-23)18(25)21-2)7-9-22(10-8-19)12-16-4-3-11-26-16/h3-4,11,17H,5-10,12-14H2,1-2H3,(H,21,25)/t17-,20+/m0/s1. The van der Waals surface area contributed by atoms with E-state index in [1.165, 1.54) is 0 Å². The van der Waals surface area contributed by atoms with Crippen molar-refractivity contribution in [1.29, 1.82) is 0 Å². The van der Waals surface area contributed by atoms with Gasteiger partial charge in [-0.2, -0.15) is 0 Å². The summed E-state index contributed by atoms with van der Waals surface area (Å²) in [5, 5.41) is 2.89. The Morgan fingerprint density at radius 2 is 2.04 bits per heavy atom. The Bertz CT molecular complexity index is 678. The Hall–Kier alpha value is -1.82. The highest BCUT2D eigenvalue weighted by atomic mass is 16.3. The lowest BCUT2D eigenvalue weighted by atomic mass is 9.65. The van der Waals surface area contributed by atoms with Crippen molar-refractivity contribution in [2.45, 2.75) is 39.2 Å². The summed E-state index contributed by atoms with van der Waals surface area (Å²) in [6.45, 7) is 5.86. The third kappa shape index (κ3) is 2.66. The second-order valence-corrected chi connectivity index (χ2v) is 8.41. The number of likely N-dealkylation sites (tertiary alicyclic amines) is 2. The van der Waals surface area contributed by atoms with E-state index in [-0.39, 0.29) is 28.6 Å². The third-order valence-electron chi connectivity index (χ3n) is 7.29. The number of nitrogens with one attached hydrogen (secondary N) is 1. The lowest BCUT2D eigenvalue weighted by Gasteiger charge is -2.44. The molecule has 0 aromatic carbocycles. The highest BCUT2D eigenvalue weighted by Gasteiger charge is 2.64. The lowest BCUT2D eigenvalue weighted by molar-refractivity contribution is -0.133. The molecule has 3 heterocycles. The quantitative estimate of drug-likeness (QED) is 0.895. The number of carbonyl (C=O) groups is 2. The fourth-order valence-electron chi connectivity index (χ4n) is 5.80. The van der Waals surface area contributed by atoms with Gasteiger partial charge in [0.15, 0.2) is 0 Å². The van der Waals surface area contributed by atoms with Crippen LogP contribution >= 0.6 is 0 Å². The van der Waals surface area contributed by atoms with Gasteiger partial charge in [0.1, 0.15) is 5.76 Å². The molecule has 4 rings (SSSR count). The first-order valence-corrected chi connectivity index (χ1v) is 9.72. The molecule has 2 atom stereocenters. The monoisotopic (exact) mass is 359 g/mol. The summed E-state index contributed by atoms with van der Waals surface area (Å²) in [5.41, 5.74) is -0.194. The smallest absolute Gasteiger partial charge is 0.228 e. The van der Waals surface area contributed by atoms with E-state index in [2.05, 4.69) is 10.2 Å². The van der Waals surface area contributed by atoms with Crippen molar-refractivity contribution in [1.82, 2.24) is 15.1 Å². The minimum Gasteiger partial charge on any atom is -0.468 e. The highest BCUT2D eigenvalue weighted by Crippen LogP contribution is 2.62. The number of hydrogen-bond donors (Lipinski definition) is 1. The average Bonchev–Trinajstić information content (AvgIpc) is 3.34. The molecule has 3 fully saturated rings. The maximum Gasteiger partial charge on any atom is 0.228 e. The minimum absolute atomic E-state index is 0.0908. The minimum atomic E-state index is -0.385. The number of piperidine rings is 1. The van der Waals surface area contributed by atoms with Gasteiger partial charge in [-0.05, 0) is 62.2 Å². The van der Waals surface area contributed by atoms with Crippen LogP contribution in [0.5, 0.6) is 0 Å². The fraction of sp³-hybridized carbons (Fsp3) is 0.700. The predicted molar refractivity (Wildman–Crippen MR) is 97.1 cm³/mol. The lowest BCUT2D eigenvalue weighted by Crippen LogP contribution is -2.48. The molecular weight excluding hydrogens is 330 g/mol. The first-order chi connectivity index (χ1) is 12.5. The second-order valence-electron chi connectivity index (χ2n) is 8.41. The topological polar surface area (TPSA) is 65.8 Å². The molecule has 1 aliphatic carbocycles. The van der Waals surface area contributed by atoms with Crippen LogP contribution in [-0.4, -0.2) is 54.8 Å². The Morgan fingerprint density at radius 1 is 1.27 bits per heavy atom. The first-order valence-electron chi connectivity index (χ1n) is 9.72. The molecule has 0 radical (unpaired) electrons. The highest BCUT2D eigenvalue weighted by molar-refractivity contribution is 5.85. The van der Waals surface area contributed by atoms with Gasteiger partial charge in [0, 0.05) is 27.1 Å². The third-order valence-corrected chi connectivity index (χ3v) is 7.29. The van der Waals surface area contributed by atoms with E-state index < -0.39 is 0 Å². The van der Waals surface area contributed by atoms with Crippen LogP contribution < -0.4 is 5.32 Å². The molecule has 1 saturated carbocycles. The van der Waals surface area contributed by atoms with Crippen molar-refractivity contribution < 1.29 is 14.0 Å². The van der Waals surface area contributed by atoms with E-state index in [1.54, 1.807) is 20.2 Å². The Labute approximate surface area is 154 Å². The number of furan rings is 1. The van der Waals surface area contributed by atoms with Gasteiger partial charge in [0.25, 0.3) is 0 Å². The van der Waals surface area contributed by atoms with Gasteiger partial charge >= 0.3 is 0 Å². The average molecular weight is 359 g/mol. The van der Waals surface area contributed by atoms with Gasteiger partial charge in [-0.1, -0.05) is 0 Å². The van der Waals surface area contributed by atoms with E-state index in [9.17, 15) is 9.59 Å². The molecule has 1 aromatic heterocycles. The summed E-state index contributed by atoms with van der Waals surface area (Å²) in [7, 11) is 1.72. The molecule has 142 valence electrons. The van der Waals surface area contributed by atoms with E-state index >= 15 is 0 Å². The number of hydrogen-bond acceptors (Lipinski definition) is 4. The van der Waals surface area contributed by atoms with Crippen molar-refractivity contribution in [2.24, 2.45) is 16.7 Å². The van der Waals surface area contributed by atoms with Crippen LogP contribution in [0.1, 0.15) is 38.4 Å². The molecule has 26 heavy (non-hydrogen) atoms. The summed E-state index contributed by atoms with van der Waals surface area (Å²) in [4.78, 5) is 29.2. The van der Waals surface area contributed by atoms with Gasteiger partial charge in [-0.15, -0.1) is 0 Å². The molecule has 0 bridgehead atoms. The molecule has 2 amide bonds. The van der Waals surface area contributed by atoms with Crippen LogP contribution in [0, 0.1) is 16.7 Å². The van der Waals surface area contributed by atoms with E-state index in [4.69, 9.17) is 4.42 Å². The van der Waals surface area contributed by atoms with Crippen molar-refractivity contribution in [3.63, 3.8) is 0 Å². The zero-order chi connectivity index (χ0) is 18.4. The Balaban J connectivity index is 1.51. The molecule has 1 aromatic rings. The van der Waals surface area contributed by atoms with Crippen LogP contribution in [0.25, 0.3) is 0 Å². The number of nitrogens with zero attached hydrogens (tertiary/aromatic N) is 2. The SMILES string of the molecule is CNC(=O)[C@@]12CCC3(CCN(Cc4ccco4)CC3)[C@@H]1CN(C(C)=O)C2. The molecule has 0 unspecified atom stereocenters. The van der Waals surface area contributed by atoms with Gasteiger partial charge in [0.2, 0.25) is 11.8 Å². The molecule has 2 saturated heterocycles. The molecular formula is C20H29N3O3. The van der Waals surface area contributed by atoms with Crippen molar-refractivity contribution in [3.05, 3.63) is 24.2 Å². The number of carbonyl (C=O) groups excluding carboxylic acids is 2. The van der Waals surface area contributed by atoms with Gasteiger partial charge in [-0.3, -0.25) is 14.5 Å². The normalized spacial score (nSPS) is 30.5. The van der Waals surface area contributed by atoms with E-state index in [1.807, 2.05) is 17.0 Å². The van der Waals surface area contributed by atoms with E-state index in [0.717, 1.165) is 57.6 Å². The predicted octanol–water partition coefficient (Wildman–Crippen LogP) is 1.87. The van der Waals surface area contributed by atoms with Crippen LogP contribution in [0.3, 0.4) is 0 Å². The largest absolute Gasteiger partial charge is 0.468 e. The first kappa shape index (κ1) is 17.6. The molecule has 1 N–H and O–H groups in total. The Morgan fingerprint density at radius 3 is 2.65 bits per heavy atom. The Kier molecular flexibility index (Phi) is 4.34. The number of rotatable bonds is 3. The maximum atomic E-state index is 12.8. The van der Waals surface area contributed by atoms with Gasteiger partial charge in [0.05, 0.1) is 18.2 Å². The summed E-state index contributed by atoms with van der Waals surface area (Å²) in [5.74, 6) is 1.51. The van der Waals surface area contributed by atoms with Crippen LogP contribution in [-0.2, 0) is 16.1 Å². The van der Waals surface area contributed by atoms with Gasteiger partial charge < -0.3 is 14.6 Å². The van der Waals surface area contributed by atoms with Crippen molar-refractivity contribution >= 4 is 11.8 Å². The zero-order valence-electron chi connectivity index (χ0n) is 15.8. The molecule has 6 heteroatoms. The van der Waals surface area contributed by atoms with Gasteiger partial charge in [-0.25, -0.2) is 0 Å². The number of fused-ring (bicyclic) bond motifs is 2. The zero-order valence-corrected chi connectivity index (χ0v) is 15.8. The maximum absolute atomic E-state index is 12.8. The fourth-order valence-corrected chi connectivity index (χ4v) is 5.80. The summed E-state index contributed by atoms with van der Waals surface area (Å²) in [6.07, 6.45) is 5.93. The van der Waals surface area contributed by atoms with Crippen LogP contribution in [0.15, 0.2) is 22.8 Å². The summed E-state index contributed by atoms with van der Waals surface area (Å²) < 4.78 is 5.49. The second kappa shape index (κ2) is 6.41. The van der Waals surface area contributed by atoms with Crippen molar-refractivity contribution in [2.75, 3.05) is 33.2 Å². The van der Waals surface area contributed by atoms with Crippen LogP contribution in [0.4, 0.5) is 0 Å². The van der Waals surface area contributed by atoms with Crippen molar-refractivity contribution in [3.8, 4) is 0 Å². The summed E-state index contributed by atoms with van der Waals surface area (Å²) in [6, 6.07) is 3.96. The number of amides is 2. The molecule has 6 nitrogen and oxygen atoms in total. The summed E-state index contributed by atoms with van der Waals surface area (Å²) >= 11 is 0. The molecule has 3 aliphatic rings. The van der Waals surface area contributed by atoms with Crippen LogP contribution in [0.2, 0.25) is 0 Å². The van der Waals surface area contributed by atoms with E-state index in [0.29, 0.717) is 6.54 Å². The molecule has 2 aliphatic heterocycles. The molecule has 1 spiro atoms.